The standard InChI is InChI=1S/C16H20O3/c1-8-7-12-14(9(2)15(18)19-12)10(3)16(4)11(8)5-6-13(16)17/h5-6,8,10-12,14H,2,7H2,1,3-4H3/t8-,10-,11+,12+,14+,16+/m1/s1. The number of ether oxygens (including phenoxy) is 1. The molecule has 1 saturated heterocycles. The summed E-state index contributed by atoms with van der Waals surface area (Å²) in [5.74, 6) is 0.540. The molecule has 3 nitrogen and oxygen atoms in total. The zero-order valence-electron chi connectivity index (χ0n) is 11.7. The van der Waals surface area contributed by atoms with E-state index in [0.29, 0.717) is 11.5 Å². The molecule has 1 saturated carbocycles. The van der Waals surface area contributed by atoms with Crippen molar-refractivity contribution >= 4 is 11.8 Å². The molecular weight excluding hydrogens is 240 g/mol. The van der Waals surface area contributed by atoms with Crippen LogP contribution in [-0.2, 0) is 14.3 Å². The Hall–Kier alpha value is -1.38. The van der Waals surface area contributed by atoms with Crippen LogP contribution in [0.15, 0.2) is 24.3 Å². The van der Waals surface area contributed by atoms with Gasteiger partial charge < -0.3 is 4.74 Å². The maximum atomic E-state index is 12.4. The Morgan fingerprint density at radius 2 is 2.05 bits per heavy atom. The molecule has 0 bridgehead atoms. The monoisotopic (exact) mass is 260 g/mol. The first-order chi connectivity index (χ1) is 8.87. The molecule has 102 valence electrons. The normalized spacial score (nSPS) is 48.8. The molecule has 6 atom stereocenters. The number of carbonyl (C=O) groups excluding carboxylic acids is 2. The molecular formula is C16H20O3. The van der Waals surface area contributed by atoms with Crippen LogP contribution in [0.5, 0.6) is 0 Å². The summed E-state index contributed by atoms with van der Waals surface area (Å²) in [7, 11) is 0. The average Bonchev–Trinajstić information content (AvgIpc) is 2.77. The summed E-state index contributed by atoms with van der Waals surface area (Å²) < 4.78 is 5.47. The van der Waals surface area contributed by atoms with Crippen molar-refractivity contribution in [2.24, 2.45) is 29.1 Å². The van der Waals surface area contributed by atoms with Crippen molar-refractivity contribution in [3.8, 4) is 0 Å². The van der Waals surface area contributed by atoms with Crippen LogP contribution in [0.1, 0.15) is 27.2 Å². The lowest BCUT2D eigenvalue weighted by Crippen LogP contribution is -2.41. The van der Waals surface area contributed by atoms with Gasteiger partial charge in [-0.25, -0.2) is 4.79 Å². The van der Waals surface area contributed by atoms with Gasteiger partial charge in [-0.3, -0.25) is 4.79 Å². The summed E-state index contributed by atoms with van der Waals surface area (Å²) in [6.45, 7) is 10.2. The van der Waals surface area contributed by atoms with Crippen LogP contribution in [0, 0.1) is 29.1 Å². The van der Waals surface area contributed by atoms with E-state index in [1.165, 1.54) is 0 Å². The fourth-order valence-corrected chi connectivity index (χ4v) is 4.39. The van der Waals surface area contributed by atoms with Crippen molar-refractivity contribution in [3.05, 3.63) is 24.3 Å². The average molecular weight is 260 g/mol. The van der Waals surface area contributed by atoms with Gasteiger partial charge in [0.2, 0.25) is 0 Å². The number of carbonyl (C=O) groups is 2. The van der Waals surface area contributed by atoms with E-state index in [2.05, 4.69) is 26.5 Å². The maximum absolute atomic E-state index is 12.4. The molecule has 0 N–H and O–H groups in total. The largest absolute Gasteiger partial charge is 0.458 e. The second-order valence-electron chi connectivity index (χ2n) is 6.53. The highest BCUT2D eigenvalue weighted by molar-refractivity contribution is 5.98. The van der Waals surface area contributed by atoms with Crippen molar-refractivity contribution in [2.45, 2.75) is 33.3 Å². The predicted octanol–water partition coefficient (Wildman–Crippen LogP) is 2.52. The first-order valence-corrected chi connectivity index (χ1v) is 6.99. The third-order valence-corrected chi connectivity index (χ3v) is 5.70. The van der Waals surface area contributed by atoms with E-state index < -0.39 is 5.41 Å². The van der Waals surface area contributed by atoms with E-state index in [-0.39, 0.29) is 35.6 Å². The molecule has 0 aromatic carbocycles. The molecule has 0 amide bonds. The van der Waals surface area contributed by atoms with E-state index in [4.69, 9.17) is 4.74 Å². The summed E-state index contributed by atoms with van der Waals surface area (Å²) in [5, 5.41) is 0. The Balaban J connectivity index is 2.08. The van der Waals surface area contributed by atoms with Gasteiger partial charge in [0.05, 0.1) is 0 Å². The molecule has 2 aliphatic carbocycles. The number of esters is 1. The molecule has 3 rings (SSSR count). The summed E-state index contributed by atoms with van der Waals surface area (Å²) in [6, 6.07) is 0. The van der Waals surface area contributed by atoms with Crippen molar-refractivity contribution in [3.63, 3.8) is 0 Å². The highest BCUT2D eigenvalue weighted by Crippen LogP contribution is 2.55. The van der Waals surface area contributed by atoms with Crippen LogP contribution in [0.25, 0.3) is 0 Å². The molecule has 2 fully saturated rings. The van der Waals surface area contributed by atoms with Gasteiger partial charge >= 0.3 is 5.97 Å². The van der Waals surface area contributed by atoms with Crippen LogP contribution in [0.4, 0.5) is 0 Å². The minimum atomic E-state index is -0.421. The Labute approximate surface area is 113 Å². The van der Waals surface area contributed by atoms with E-state index >= 15 is 0 Å². The number of fused-ring (bicyclic) bond motifs is 2. The number of hydrogen-bond acceptors (Lipinski definition) is 3. The summed E-state index contributed by atoms with van der Waals surface area (Å²) in [5.41, 5.74) is 0.127. The Morgan fingerprint density at radius 3 is 2.74 bits per heavy atom. The van der Waals surface area contributed by atoms with Gasteiger partial charge in [-0.2, -0.15) is 0 Å². The van der Waals surface area contributed by atoms with Crippen molar-refractivity contribution in [1.82, 2.24) is 0 Å². The van der Waals surface area contributed by atoms with Gasteiger partial charge in [0, 0.05) is 16.9 Å². The van der Waals surface area contributed by atoms with Crippen molar-refractivity contribution < 1.29 is 14.3 Å². The van der Waals surface area contributed by atoms with Gasteiger partial charge in [-0.1, -0.05) is 33.4 Å². The van der Waals surface area contributed by atoms with Crippen molar-refractivity contribution in [2.75, 3.05) is 0 Å². The zero-order chi connectivity index (χ0) is 13.9. The number of hydrogen-bond donors (Lipinski definition) is 0. The molecule has 1 heterocycles. The zero-order valence-corrected chi connectivity index (χ0v) is 11.7. The van der Waals surface area contributed by atoms with Gasteiger partial charge in [-0.15, -0.1) is 0 Å². The third-order valence-electron chi connectivity index (χ3n) is 5.70. The predicted molar refractivity (Wildman–Crippen MR) is 71.2 cm³/mol. The van der Waals surface area contributed by atoms with E-state index in [0.717, 1.165) is 6.42 Å². The fourth-order valence-electron chi connectivity index (χ4n) is 4.39. The molecule has 3 aliphatic rings. The highest BCUT2D eigenvalue weighted by atomic mass is 16.6. The minimum absolute atomic E-state index is 0.0196. The summed E-state index contributed by atoms with van der Waals surface area (Å²) >= 11 is 0. The summed E-state index contributed by atoms with van der Waals surface area (Å²) in [4.78, 5) is 24.1. The summed E-state index contributed by atoms with van der Waals surface area (Å²) in [6.07, 6.45) is 4.49. The number of rotatable bonds is 0. The van der Waals surface area contributed by atoms with Crippen LogP contribution < -0.4 is 0 Å². The Kier molecular flexibility index (Phi) is 2.54. The molecule has 0 aromatic heterocycles. The SMILES string of the molecule is C=C1C(=O)O[C@H]2C[C@@H](C)[C@@H]3C=CC(=O)[C@@]3(C)[C@H](C)[C@H]12. The molecule has 19 heavy (non-hydrogen) atoms. The fraction of sp³-hybridized carbons (Fsp3) is 0.625. The number of ketones is 1. The quantitative estimate of drug-likeness (QED) is 0.496. The lowest BCUT2D eigenvalue weighted by atomic mass is 9.63. The highest BCUT2D eigenvalue weighted by Gasteiger charge is 2.58. The van der Waals surface area contributed by atoms with Crippen LogP contribution >= 0.6 is 0 Å². The third kappa shape index (κ3) is 1.44. The molecule has 0 aromatic rings. The van der Waals surface area contributed by atoms with Crippen molar-refractivity contribution in [1.29, 1.82) is 0 Å². The van der Waals surface area contributed by atoms with E-state index in [9.17, 15) is 9.59 Å². The van der Waals surface area contributed by atoms with Crippen LogP contribution in [-0.4, -0.2) is 17.9 Å². The molecule has 0 unspecified atom stereocenters. The molecule has 1 aliphatic heterocycles. The van der Waals surface area contributed by atoms with E-state index in [1.54, 1.807) is 6.08 Å². The minimum Gasteiger partial charge on any atom is -0.458 e. The van der Waals surface area contributed by atoms with Crippen LogP contribution in [0.3, 0.4) is 0 Å². The van der Waals surface area contributed by atoms with Crippen LogP contribution in [0.2, 0.25) is 0 Å². The molecule has 0 spiro atoms. The lowest BCUT2D eigenvalue weighted by molar-refractivity contribution is -0.139. The first-order valence-electron chi connectivity index (χ1n) is 6.99. The maximum Gasteiger partial charge on any atom is 0.334 e. The second-order valence-corrected chi connectivity index (χ2v) is 6.53. The second kappa shape index (κ2) is 3.81. The Morgan fingerprint density at radius 1 is 1.37 bits per heavy atom. The Bertz CT molecular complexity index is 504. The lowest BCUT2D eigenvalue weighted by Gasteiger charge is -2.38. The molecule has 3 heteroatoms. The van der Waals surface area contributed by atoms with E-state index in [1.807, 2.05) is 6.92 Å². The first kappa shape index (κ1) is 12.6. The smallest absolute Gasteiger partial charge is 0.334 e. The van der Waals surface area contributed by atoms with Gasteiger partial charge in [0.15, 0.2) is 5.78 Å². The topological polar surface area (TPSA) is 43.4 Å². The number of allylic oxidation sites excluding steroid dienone is 2. The van der Waals surface area contributed by atoms with Gasteiger partial charge in [-0.05, 0) is 30.3 Å². The van der Waals surface area contributed by atoms with Gasteiger partial charge in [0.1, 0.15) is 6.10 Å². The molecule has 0 radical (unpaired) electrons. The van der Waals surface area contributed by atoms with Gasteiger partial charge in [0.25, 0.3) is 0 Å².